The second-order valence-corrected chi connectivity index (χ2v) is 6.29. The van der Waals surface area contributed by atoms with E-state index in [2.05, 4.69) is 6.07 Å². The van der Waals surface area contributed by atoms with E-state index in [0.29, 0.717) is 10.3 Å². The minimum absolute atomic E-state index is 0.0433. The van der Waals surface area contributed by atoms with Crippen molar-refractivity contribution >= 4 is 21.9 Å². The Hall–Kier alpha value is -1.72. The van der Waals surface area contributed by atoms with Gasteiger partial charge in [0.15, 0.2) is 0 Å². The fourth-order valence-corrected chi connectivity index (χ4v) is 3.37. The van der Waals surface area contributed by atoms with Gasteiger partial charge < -0.3 is 5.21 Å². The third kappa shape index (κ3) is 2.99. The fourth-order valence-electron chi connectivity index (χ4n) is 2.39. The van der Waals surface area contributed by atoms with Crippen molar-refractivity contribution in [1.82, 2.24) is 4.73 Å². The standard InChI is InChI=1S/C15H16ClNO3S/c1-9-4-5-10(2)13(8-9)11(3)12-6-7-17(18)15(14(12)16)21(19)20/h4-8,11,18H,1-3H3. The molecule has 1 unspecified atom stereocenters. The lowest BCUT2D eigenvalue weighted by molar-refractivity contribution is 0.179. The number of pyridine rings is 1. The first kappa shape index (κ1) is 15.7. The Morgan fingerprint density at radius 2 is 1.86 bits per heavy atom. The molecule has 0 saturated heterocycles. The van der Waals surface area contributed by atoms with Crippen molar-refractivity contribution in [1.29, 1.82) is 0 Å². The van der Waals surface area contributed by atoms with Gasteiger partial charge in [-0.25, -0.2) is 0 Å². The number of aromatic nitrogens is 1. The number of nitrogens with zero attached hydrogens (tertiary/aromatic N) is 1. The zero-order valence-electron chi connectivity index (χ0n) is 12.0. The van der Waals surface area contributed by atoms with Crippen LogP contribution in [0.15, 0.2) is 30.5 Å². The molecule has 1 N–H and O–H groups in total. The normalized spacial score (nSPS) is 12.2. The summed E-state index contributed by atoms with van der Waals surface area (Å²) in [4.78, 5) is 0. The highest BCUT2D eigenvalue weighted by molar-refractivity contribution is 7.63. The molecule has 0 aliphatic rings. The van der Waals surface area contributed by atoms with Crippen LogP contribution in [-0.2, 0) is 10.3 Å². The van der Waals surface area contributed by atoms with Crippen molar-refractivity contribution in [2.45, 2.75) is 26.7 Å². The molecule has 0 aliphatic heterocycles. The number of hydrogen-bond donors (Lipinski definition) is 1. The number of aryl methyl sites for hydroxylation is 2. The van der Waals surface area contributed by atoms with Crippen molar-refractivity contribution in [2.24, 2.45) is 0 Å². The number of hydrogen-bond acceptors (Lipinski definition) is 3. The van der Waals surface area contributed by atoms with Crippen LogP contribution in [0.4, 0.5) is 0 Å². The molecule has 0 aliphatic carbocycles. The molecular formula is C15H16ClNO3S. The Bertz CT molecular complexity index is 861. The van der Waals surface area contributed by atoms with Gasteiger partial charge in [-0.05, 0) is 36.6 Å². The van der Waals surface area contributed by atoms with E-state index in [1.165, 1.54) is 6.20 Å². The summed E-state index contributed by atoms with van der Waals surface area (Å²) in [5.74, 6) is -0.0825. The molecule has 21 heavy (non-hydrogen) atoms. The zero-order valence-corrected chi connectivity index (χ0v) is 13.5. The van der Waals surface area contributed by atoms with E-state index in [0.717, 1.165) is 16.7 Å². The number of halogens is 1. The third-order valence-electron chi connectivity index (χ3n) is 3.57. The van der Waals surface area contributed by atoms with Gasteiger partial charge in [-0.15, -0.1) is 0 Å². The van der Waals surface area contributed by atoms with Crippen LogP contribution in [0.1, 0.15) is 35.1 Å². The molecule has 0 saturated carbocycles. The fraction of sp³-hybridized carbons (Fsp3) is 0.267. The van der Waals surface area contributed by atoms with E-state index in [-0.39, 0.29) is 15.6 Å². The van der Waals surface area contributed by atoms with E-state index in [1.54, 1.807) is 6.07 Å². The van der Waals surface area contributed by atoms with Gasteiger partial charge in [-0.3, -0.25) is 0 Å². The Labute approximate surface area is 129 Å². The maximum absolute atomic E-state index is 11.2. The smallest absolute Gasteiger partial charge is 0.243 e. The summed E-state index contributed by atoms with van der Waals surface area (Å²) in [5, 5.41) is 9.62. The monoisotopic (exact) mass is 325 g/mol. The summed E-state index contributed by atoms with van der Waals surface area (Å²) in [5.41, 5.74) is 3.97. The van der Waals surface area contributed by atoms with Crippen molar-refractivity contribution in [3.63, 3.8) is 0 Å². The summed E-state index contributed by atoms with van der Waals surface area (Å²) < 4.78 is 22.6. The maximum atomic E-state index is 11.2. The molecule has 4 nitrogen and oxygen atoms in total. The number of benzene rings is 1. The molecule has 1 heterocycles. The Kier molecular flexibility index (Phi) is 4.44. The Balaban J connectivity index is 2.71. The molecule has 0 fully saturated rings. The first-order valence-corrected chi connectivity index (χ1v) is 7.88. The van der Waals surface area contributed by atoms with E-state index >= 15 is 0 Å². The van der Waals surface area contributed by atoms with Gasteiger partial charge in [-0.2, -0.15) is 13.1 Å². The van der Waals surface area contributed by atoms with Gasteiger partial charge in [0, 0.05) is 12.1 Å². The minimum atomic E-state index is -2.61. The van der Waals surface area contributed by atoms with E-state index in [4.69, 9.17) is 11.6 Å². The Morgan fingerprint density at radius 3 is 2.48 bits per heavy atom. The number of rotatable bonds is 2. The summed E-state index contributed by atoms with van der Waals surface area (Å²) in [7, 11) is -2.61. The molecule has 2 rings (SSSR count). The third-order valence-corrected chi connectivity index (χ3v) is 4.79. The lowest BCUT2D eigenvalue weighted by atomic mass is 9.89. The summed E-state index contributed by atoms with van der Waals surface area (Å²) in [6.45, 7) is 5.96. The molecule has 1 atom stereocenters. The predicted octanol–water partition coefficient (Wildman–Crippen LogP) is 3.56. The zero-order chi connectivity index (χ0) is 15.7. The van der Waals surface area contributed by atoms with Gasteiger partial charge in [0.2, 0.25) is 14.9 Å². The van der Waals surface area contributed by atoms with Crippen molar-refractivity contribution in [2.75, 3.05) is 0 Å². The lowest BCUT2D eigenvalue weighted by Crippen LogP contribution is -2.05. The lowest BCUT2D eigenvalue weighted by Gasteiger charge is -2.17. The van der Waals surface area contributed by atoms with Crippen LogP contribution in [0.5, 0.6) is 0 Å². The van der Waals surface area contributed by atoms with Gasteiger partial charge >= 0.3 is 0 Å². The molecule has 0 bridgehead atoms. The molecule has 1 aromatic carbocycles. The second-order valence-electron chi connectivity index (χ2n) is 5.05. The van der Waals surface area contributed by atoms with Crippen molar-refractivity contribution in [3.05, 3.63) is 62.4 Å². The molecule has 0 spiro atoms. The highest BCUT2D eigenvalue weighted by Crippen LogP contribution is 2.32. The van der Waals surface area contributed by atoms with Crippen LogP contribution < -0.4 is 0 Å². The molecule has 2 aromatic rings. The average Bonchev–Trinajstić information content (AvgIpc) is 2.40. The summed E-state index contributed by atoms with van der Waals surface area (Å²) in [6.07, 6.45) is 1.29. The maximum Gasteiger partial charge on any atom is 0.243 e. The van der Waals surface area contributed by atoms with Crippen molar-refractivity contribution < 1.29 is 13.6 Å². The van der Waals surface area contributed by atoms with Crippen LogP contribution in [0.2, 0.25) is 5.02 Å². The molecular weight excluding hydrogens is 310 g/mol. The van der Waals surface area contributed by atoms with Crippen LogP contribution in [0.25, 0.3) is 0 Å². The largest absolute Gasteiger partial charge is 0.427 e. The molecule has 0 radical (unpaired) electrons. The molecule has 1 aromatic heterocycles. The summed E-state index contributed by atoms with van der Waals surface area (Å²) >= 11 is 6.17. The first-order valence-electron chi connectivity index (χ1n) is 6.42. The van der Waals surface area contributed by atoms with Crippen LogP contribution in [0.3, 0.4) is 0 Å². The Morgan fingerprint density at radius 1 is 1.19 bits per heavy atom. The van der Waals surface area contributed by atoms with Gasteiger partial charge in [0.05, 0.1) is 5.02 Å². The van der Waals surface area contributed by atoms with Crippen molar-refractivity contribution in [3.8, 4) is 0 Å². The van der Waals surface area contributed by atoms with E-state index < -0.39 is 10.3 Å². The van der Waals surface area contributed by atoms with E-state index in [9.17, 15) is 13.6 Å². The molecule has 0 amide bonds. The SMILES string of the molecule is Cc1ccc(C)c(C(C)c2ccn(O)c(=S(=O)=O)c2Cl)c1. The first-order chi connectivity index (χ1) is 9.82. The second kappa shape index (κ2) is 5.95. The predicted molar refractivity (Wildman–Crippen MR) is 82.2 cm³/mol. The summed E-state index contributed by atoms with van der Waals surface area (Å²) in [6, 6.07) is 7.74. The van der Waals surface area contributed by atoms with E-state index in [1.807, 2.05) is 32.9 Å². The van der Waals surface area contributed by atoms with Gasteiger partial charge in [0.25, 0.3) is 0 Å². The topological polar surface area (TPSA) is 59.3 Å². The van der Waals surface area contributed by atoms with Gasteiger partial charge in [-0.1, -0.05) is 42.3 Å². The molecule has 6 heteroatoms. The average molecular weight is 326 g/mol. The van der Waals surface area contributed by atoms with Gasteiger partial charge in [0.1, 0.15) is 0 Å². The molecule has 112 valence electrons. The highest BCUT2D eigenvalue weighted by atomic mass is 35.5. The minimum Gasteiger partial charge on any atom is -0.427 e. The van der Waals surface area contributed by atoms with Crippen LogP contribution >= 0.6 is 11.6 Å². The highest BCUT2D eigenvalue weighted by Gasteiger charge is 2.17. The quantitative estimate of drug-likeness (QED) is 0.678. The van der Waals surface area contributed by atoms with Crippen LogP contribution in [0, 0.1) is 18.5 Å². The van der Waals surface area contributed by atoms with Crippen LogP contribution in [-0.4, -0.2) is 18.4 Å².